The number of methoxy groups -OCH3 is 1. The average Bonchev–Trinajstić information content (AvgIpc) is 2.20. The fourth-order valence-electron chi connectivity index (χ4n) is 2.76. The molecule has 0 amide bonds. The number of nitrogens with one attached hydrogen (secondary N) is 1. The normalized spacial score (nSPS) is 30.8. The minimum Gasteiger partial charge on any atom is -0.468 e. The van der Waals surface area contributed by atoms with Gasteiger partial charge in [-0.1, -0.05) is 20.8 Å². The van der Waals surface area contributed by atoms with E-state index >= 15 is 0 Å². The standard InChI is InChI=1S/C13H25NO2/c1-9-8-13(3,4)7-6-11(9)14-10(2)12(15)16-5/h9-11,14H,6-8H2,1-5H3/t9?,10-,11?/m0/s1. The van der Waals surface area contributed by atoms with Crippen molar-refractivity contribution in [1.82, 2.24) is 5.32 Å². The summed E-state index contributed by atoms with van der Waals surface area (Å²) in [6.07, 6.45) is 3.59. The summed E-state index contributed by atoms with van der Waals surface area (Å²) in [5, 5.41) is 3.38. The summed E-state index contributed by atoms with van der Waals surface area (Å²) in [7, 11) is 1.44. The molecule has 0 heterocycles. The maximum Gasteiger partial charge on any atom is 0.322 e. The van der Waals surface area contributed by atoms with Crippen molar-refractivity contribution >= 4 is 5.97 Å². The van der Waals surface area contributed by atoms with Crippen LogP contribution in [0.1, 0.15) is 47.0 Å². The van der Waals surface area contributed by atoms with E-state index in [0.29, 0.717) is 17.4 Å². The summed E-state index contributed by atoms with van der Waals surface area (Å²) in [6.45, 7) is 8.79. The van der Waals surface area contributed by atoms with Crippen LogP contribution in [0.5, 0.6) is 0 Å². The lowest BCUT2D eigenvalue weighted by Crippen LogP contribution is -2.48. The van der Waals surface area contributed by atoms with Gasteiger partial charge in [-0.25, -0.2) is 0 Å². The van der Waals surface area contributed by atoms with Crippen molar-refractivity contribution in [1.29, 1.82) is 0 Å². The second-order valence-electron chi connectivity index (χ2n) is 5.90. The molecule has 2 unspecified atom stereocenters. The average molecular weight is 227 g/mol. The van der Waals surface area contributed by atoms with Crippen LogP contribution in [-0.2, 0) is 9.53 Å². The predicted molar refractivity (Wildman–Crippen MR) is 65.2 cm³/mol. The molecular formula is C13H25NO2. The maximum absolute atomic E-state index is 11.3. The first-order valence-electron chi connectivity index (χ1n) is 6.19. The van der Waals surface area contributed by atoms with Gasteiger partial charge in [-0.2, -0.15) is 0 Å². The summed E-state index contributed by atoms with van der Waals surface area (Å²) >= 11 is 0. The van der Waals surface area contributed by atoms with Gasteiger partial charge in [-0.05, 0) is 37.5 Å². The van der Waals surface area contributed by atoms with E-state index in [9.17, 15) is 4.79 Å². The monoisotopic (exact) mass is 227 g/mol. The van der Waals surface area contributed by atoms with Crippen molar-refractivity contribution in [2.75, 3.05) is 7.11 Å². The fourth-order valence-corrected chi connectivity index (χ4v) is 2.76. The largest absolute Gasteiger partial charge is 0.468 e. The molecule has 0 aromatic rings. The Hall–Kier alpha value is -0.570. The Morgan fingerprint density at radius 3 is 2.62 bits per heavy atom. The summed E-state index contributed by atoms with van der Waals surface area (Å²) in [6, 6.07) is 0.251. The molecule has 0 aromatic heterocycles. The van der Waals surface area contributed by atoms with Gasteiger partial charge in [-0.15, -0.1) is 0 Å². The number of esters is 1. The van der Waals surface area contributed by atoms with E-state index in [4.69, 9.17) is 4.74 Å². The molecule has 1 aliphatic rings. The van der Waals surface area contributed by atoms with Crippen LogP contribution in [-0.4, -0.2) is 25.2 Å². The molecule has 0 aliphatic heterocycles. The van der Waals surface area contributed by atoms with Gasteiger partial charge in [0.1, 0.15) is 6.04 Å². The fraction of sp³-hybridized carbons (Fsp3) is 0.923. The highest BCUT2D eigenvalue weighted by Crippen LogP contribution is 2.38. The van der Waals surface area contributed by atoms with Crippen LogP contribution >= 0.6 is 0 Å². The van der Waals surface area contributed by atoms with Crippen molar-refractivity contribution in [2.45, 2.75) is 59.0 Å². The number of hydrogen-bond donors (Lipinski definition) is 1. The smallest absolute Gasteiger partial charge is 0.322 e. The summed E-state index contributed by atoms with van der Waals surface area (Å²) in [4.78, 5) is 11.3. The van der Waals surface area contributed by atoms with Crippen molar-refractivity contribution in [2.24, 2.45) is 11.3 Å². The lowest BCUT2D eigenvalue weighted by atomic mass is 9.70. The van der Waals surface area contributed by atoms with E-state index < -0.39 is 0 Å². The van der Waals surface area contributed by atoms with Crippen LogP contribution in [0.2, 0.25) is 0 Å². The molecule has 94 valence electrons. The van der Waals surface area contributed by atoms with Gasteiger partial charge in [0.25, 0.3) is 0 Å². The Morgan fingerprint density at radius 2 is 2.12 bits per heavy atom. The Morgan fingerprint density at radius 1 is 1.50 bits per heavy atom. The van der Waals surface area contributed by atoms with Gasteiger partial charge in [0.15, 0.2) is 0 Å². The van der Waals surface area contributed by atoms with Crippen molar-refractivity contribution in [3.05, 3.63) is 0 Å². The van der Waals surface area contributed by atoms with Gasteiger partial charge in [0, 0.05) is 6.04 Å². The number of ether oxygens (including phenoxy) is 1. The van der Waals surface area contributed by atoms with E-state index in [1.165, 1.54) is 20.0 Å². The molecule has 0 bridgehead atoms. The van der Waals surface area contributed by atoms with Gasteiger partial charge in [-0.3, -0.25) is 4.79 Å². The highest BCUT2D eigenvalue weighted by Gasteiger charge is 2.33. The van der Waals surface area contributed by atoms with E-state index in [-0.39, 0.29) is 12.0 Å². The molecular weight excluding hydrogens is 202 g/mol. The molecule has 3 heteroatoms. The van der Waals surface area contributed by atoms with Crippen molar-refractivity contribution in [3.8, 4) is 0 Å². The molecule has 1 rings (SSSR count). The van der Waals surface area contributed by atoms with E-state index in [1.54, 1.807) is 0 Å². The Kier molecular flexibility index (Phi) is 4.36. The zero-order valence-corrected chi connectivity index (χ0v) is 11.2. The van der Waals surface area contributed by atoms with Crippen molar-refractivity contribution in [3.63, 3.8) is 0 Å². The minimum atomic E-state index is -0.196. The Balaban J connectivity index is 2.47. The minimum absolute atomic E-state index is 0.169. The predicted octanol–water partition coefficient (Wildman–Crippen LogP) is 2.35. The first-order valence-corrected chi connectivity index (χ1v) is 6.19. The maximum atomic E-state index is 11.3. The second-order valence-corrected chi connectivity index (χ2v) is 5.90. The van der Waals surface area contributed by atoms with Gasteiger partial charge in [0.05, 0.1) is 7.11 Å². The Bertz CT molecular complexity index is 250. The summed E-state index contributed by atoms with van der Waals surface area (Å²) in [5.41, 5.74) is 0.450. The van der Waals surface area contributed by atoms with Gasteiger partial charge >= 0.3 is 5.97 Å². The second kappa shape index (κ2) is 5.17. The molecule has 1 aliphatic carbocycles. The third kappa shape index (κ3) is 3.48. The zero-order chi connectivity index (χ0) is 12.3. The third-order valence-electron chi connectivity index (χ3n) is 3.71. The lowest BCUT2D eigenvalue weighted by molar-refractivity contribution is -0.143. The third-order valence-corrected chi connectivity index (χ3v) is 3.71. The topological polar surface area (TPSA) is 38.3 Å². The quantitative estimate of drug-likeness (QED) is 0.752. The van der Waals surface area contributed by atoms with Gasteiger partial charge < -0.3 is 10.1 Å². The number of carbonyl (C=O) groups is 1. The van der Waals surface area contributed by atoms with Crippen molar-refractivity contribution < 1.29 is 9.53 Å². The molecule has 1 N–H and O–H groups in total. The molecule has 0 radical (unpaired) electrons. The molecule has 0 saturated heterocycles. The van der Waals surface area contributed by atoms with Crippen LogP contribution in [0, 0.1) is 11.3 Å². The Labute approximate surface area is 98.9 Å². The van der Waals surface area contributed by atoms with Crippen LogP contribution in [0.4, 0.5) is 0 Å². The number of carbonyl (C=O) groups excluding carboxylic acids is 1. The van der Waals surface area contributed by atoms with E-state index in [2.05, 4.69) is 26.1 Å². The highest BCUT2D eigenvalue weighted by atomic mass is 16.5. The molecule has 0 aromatic carbocycles. The molecule has 1 saturated carbocycles. The summed E-state index contributed by atoms with van der Waals surface area (Å²) in [5.74, 6) is 0.452. The van der Waals surface area contributed by atoms with E-state index in [1.807, 2.05) is 6.92 Å². The van der Waals surface area contributed by atoms with Crippen LogP contribution in [0.25, 0.3) is 0 Å². The first-order chi connectivity index (χ1) is 7.35. The lowest BCUT2D eigenvalue weighted by Gasteiger charge is -2.40. The number of rotatable bonds is 3. The first kappa shape index (κ1) is 13.5. The van der Waals surface area contributed by atoms with E-state index in [0.717, 1.165) is 6.42 Å². The molecule has 0 spiro atoms. The SMILES string of the molecule is COC(=O)[C@H](C)NC1CCC(C)(C)CC1C. The molecule has 3 atom stereocenters. The van der Waals surface area contributed by atoms with Gasteiger partial charge in [0.2, 0.25) is 0 Å². The molecule has 3 nitrogen and oxygen atoms in total. The highest BCUT2D eigenvalue weighted by molar-refractivity contribution is 5.75. The zero-order valence-electron chi connectivity index (χ0n) is 11.2. The van der Waals surface area contributed by atoms with Crippen LogP contribution in [0.3, 0.4) is 0 Å². The number of hydrogen-bond acceptors (Lipinski definition) is 3. The van der Waals surface area contributed by atoms with Crippen LogP contribution in [0.15, 0.2) is 0 Å². The molecule has 16 heavy (non-hydrogen) atoms. The van der Waals surface area contributed by atoms with Crippen LogP contribution < -0.4 is 5.32 Å². The summed E-state index contributed by atoms with van der Waals surface area (Å²) < 4.78 is 4.73. The molecule has 1 fully saturated rings.